The maximum absolute atomic E-state index is 12.7. The third kappa shape index (κ3) is 2.56. The van der Waals surface area contributed by atoms with Crippen LogP contribution in [0.1, 0.15) is 35.0 Å². The number of benzene rings is 1. The molecule has 4 nitrogen and oxygen atoms in total. The molecule has 19 heavy (non-hydrogen) atoms. The number of halogens is 1. The van der Waals surface area contributed by atoms with E-state index in [4.69, 9.17) is 5.73 Å². The molecule has 0 bridgehead atoms. The number of nitrogen functional groups attached to an aromatic ring is 1. The predicted octanol–water partition coefficient (Wildman–Crippen LogP) is 3.18. The summed E-state index contributed by atoms with van der Waals surface area (Å²) in [6.07, 6.45) is 2.58. The normalized spacial score (nSPS) is 10.7. The number of carbonyl (C=O) groups excluding carboxylic acids is 1. The number of aryl methyl sites for hydroxylation is 1. The topological polar surface area (TPSA) is 60.9 Å². The Morgan fingerprint density at radius 2 is 2.21 bits per heavy atom. The van der Waals surface area contributed by atoms with Crippen LogP contribution in [0.15, 0.2) is 28.9 Å². The number of nitrogens with zero attached hydrogens (tertiary/aromatic N) is 2. The zero-order valence-corrected chi connectivity index (χ0v) is 12.6. The van der Waals surface area contributed by atoms with E-state index in [0.29, 0.717) is 28.0 Å². The molecule has 100 valence electrons. The lowest BCUT2D eigenvalue weighted by Crippen LogP contribution is -2.13. The molecule has 1 aromatic carbocycles. The quantitative estimate of drug-likeness (QED) is 0.695. The Kier molecular flexibility index (Phi) is 4.04. The number of nitrogens with two attached hydrogens (primary N) is 1. The van der Waals surface area contributed by atoms with Crippen LogP contribution < -0.4 is 5.73 Å². The minimum atomic E-state index is -0.0531. The lowest BCUT2D eigenvalue weighted by atomic mass is 10.0. The number of aromatic nitrogens is 2. The molecule has 0 saturated carbocycles. The molecule has 0 aliphatic heterocycles. The second-order valence-electron chi connectivity index (χ2n) is 4.41. The van der Waals surface area contributed by atoms with Gasteiger partial charge in [-0.05, 0) is 40.9 Å². The number of carbonyl (C=O) groups is 1. The fourth-order valence-corrected chi connectivity index (χ4v) is 2.47. The average Bonchev–Trinajstić information content (AvgIpc) is 2.74. The molecule has 0 atom stereocenters. The van der Waals surface area contributed by atoms with Crippen LogP contribution in [-0.2, 0) is 6.54 Å². The van der Waals surface area contributed by atoms with Gasteiger partial charge in [-0.3, -0.25) is 9.48 Å². The molecule has 0 fully saturated rings. The van der Waals surface area contributed by atoms with E-state index in [2.05, 4.69) is 28.0 Å². The highest BCUT2D eigenvalue weighted by Crippen LogP contribution is 2.24. The van der Waals surface area contributed by atoms with Gasteiger partial charge in [-0.2, -0.15) is 5.10 Å². The Morgan fingerprint density at radius 1 is 1.47 bits per heavy atom. The van der Waals surface area contributed by atoms with E-state index in [9.17, 15) is 4.79 Å². The first-order valence-electron chi connectivity index (χ1n) is 6.17. The van der Waals surface area contributed by atoms with Crippen molar-refractivity contribution in [3.05, 3.63) is 45.7 Å². The molecular weight excluding hydrogens is 306 g/mol. The third-order valence-corrected chi connectivity index (χ3v) is 3.65. The molecule has 2 aromatic rings. The highest BCUT2D eigenvalue weighted by atomic mass is 79.9. The summed E-state index contributed by atoms with van der Waals surface area (Å²) in [4.78, 5) is 12.7. The molecule has 0 aliphatic carbocycles. The van der Waals surface area contributed by atoms with Crippen molar-refractivity contribution in [1.29, 1.82) is 0 Å². The largest absolute Gasteiger partial charge is 0.398 e. The molecule has 0 radical (unpaired) electrons. The summed E-state index contributed by atoms with van der Waals surface area (Å²) < 4.78 is 2.45. The van der Waals surface area contributed by atoms with Crippen molar-refractivity contribution < 1.29 is 4.79 Å². The molecular formula is C14H16BrN3O. The van der Waals surface area contributed by atoms with Crippen molar-refractivity contribution in [2.45, 2.75) is 26.8 Å². The van der Waals surface area contributed by atoms with Crippen LogP contribution in [0.25, 0.3) is 0 Å². The van der Waals surface area contributed by atoms with E-state index in [1.54, 1.807) is 29.1 Å². The number of hydrogen-bond donors (Lipinski definition) is 1. The molecule has 2 rings (SSSR count). The van der Waals surface area contributed by atoms with E-state index < -0.39 is 0 Å². The Hall–Kier alpha value is -1.62. The summed E-state index contributed by atoms with van der Waals surface area (Å²) in [6.45, 7) is 4.63. The second kappa shape index (κ2) is 5.57. The summed E-state index contributed by atoms with van der Waals surface area (Å²) in [5, 5.41) is 4.22. The van der Waals surface area contributed by atoms with Crippen molar-refractivity contribution in [2.75, 3.05) is 5.73 Å². The molecule has 2 N–H and O–H groups in total. The molecule has 0 saturated heterocycles. The van der Waals surface area contributed by atoms with Crippen molar-refractivity contribution in [3.63, 3.8) is 0 Å². The van der Waals surface area contributed by atoms with E-state index >= 15 is 0 Å². The average molecular weight is 322 g/mol. The fraction of sp³-hybridized carbons (Fsp3) is 0.286. The molecule has 0 amide bonds. The van der Waals surface area contributed by atoms with E-state index in [-0.39, 0.29) is 5.78 Å². The molecule has 1 aromatic heterocycles. The van der Waals surface area contributed by atoms with E-state index in [1.165, 1.54) is 0 Å². The summed E-state index contributed by atoms with van der Waals surface area (Å²) in [6, 6.07) is 5.39. The molecule has 0 spiro atoms. The monoisotopic (exact) mass is 321 g/mol. The summed E-state index contributed by atoms with van der Waals surface area (Å²) in [5.41, 5.74) is 8.50. The first kappa shape index (κ1) is 13.8. The van der Waals surface area contributed by atoms with Crippen LogP contribution in [0.5, 0.6) is 0 Å². The minimum absolute atomic E-state index is 0.0531. The number of rotatable bonds is 4. The maximum atomic E-state index is 12.7. The fourth-order valence-electron chi connectivity index (χ4n) is 2.00. The Labute approximate surface area is 120 Å². The van der Waals surface area contributed by atoms with Crippen molar-refractivity contribution >= 4 is 27.4 Å². The SMILES string of the molecule is CCCn1ncc(Br)c1C(=O)c1cccc(N)c1C. The number of ketones is 1. The Balaban J connectivity index is 2.50. The first-order chi connectivity index (χ1) is 9.06. The van der Waals surface area contributed by atoms with Crippen LogP contribution in [0.2, 0.25) is 0 Å². The van der Waals surface area contributed by atoms with Gasteiger partial charge >= 0.3 is 0 Å². The van der Waals surface area contributed by atoms with Gasteiger partial charge in [0, 0.05) is 17.8 Å². The van der Waals surface area contributed by atoms with Gasteiger partial charge in [0.15, 0.2) is 0 Å². The minimum Gasteiger partial charge on any atom is -0.398 e. The first-order valence-corrected chi connectivity index (χ1v) is 6.96. The highest BCUT2D eigenvalue weighted by molar-refractivity contribution is 9.10. The van der Waals surface area contributed by atoms with Gasteiger partial charge in [-0.1, -0.05) is 19.1 Å². The van der Waals surface area contributed by atoms with Gasteiger partial charge in [0.2, 0.25) is 5.78 Å². The molecule has 0 aliphatic rings. The predicted molar refractivity (Wildman–Crippen MR) is 79.2 cm³/mol. The van der Waals surface area contributed by atoms with Gasteiger partial charge in [0.25, 0.3) is 0 Å². The van der Waals surface area contributed by atoms with Crippen LogP contribution in [0, 0.1) is 6.92 Å². The lowest BCUT2D eigenvalue weighted by molar-refractivity contribution is 0.102. The lowest BCUT2D eigenvalue weighted by Gasteiger charge is -2.09. The number of anilines is 1. The van der Waals surface area contributed by atoms with Crippen LogP contribution in [0.4, 0.5) is 5.69 Å². The zero-order chi connectivity index (χ0) is 14.0. The van der Waals surface area contributed by atoms with Gasteiger partial charge in [0.1, 0.15) is 5.69 Å². The molecule has 1 heterocycles. The van der Waals surface area contributed by atoms with Crippen LogP contribution in [0.3, 0.4) is 0 Å². The smallest absolute Gasteiger partial charge is 0.212 e. The van der Waals surface area contributed by atoms with E-state index in [1.807, 2.05) is 6.92 Å². The highest BCUT2D eigenvalue weighted by Gasteiger charge is 2.20. The Morgan fingerprint density at radius 3 is 2.89 bits per heavy atom. The van der Waals surface area contributed by atoms with Crippen molar-refractivity contribution in [1.82, 2.24) is 9.78 Å². The second-order valence-corrected chi connectivity index (χ2v) is 5.27. The van der Waals surface area contributed by atoms with Gasteiger partial charge < -0.3 is 5.73 Å². The maximum Gasteiger partial charge on any atom is 0.212 e. The molecule has 0 unspecified atom stereocenters. The van der Waals surface area contributed by atoms with Crippen LogP contribution >= 0.6 is 15.9 Å². The van der Waals surface area contributed by atoms with Crippen molar-refractivity contribution in [2.24, 2.45) is 0 Å². The van der Waals surface area contributed by atoms with Crippen molar-refractivity contribution in [3.8, 4) is 0 Å². The van der Waals surface area contributed by atoms with E-state index in [0.717, 1.165) is 12.0 Å². The Bertz CT molecular complexity index is 619. The van der Waals surface area contributed by atoms with Gasteiger partial charge in [0.05, 0.1) is 10.7 Å². The third-order valence-electron chi connectivity index (χ3n) is 3.07. The number of hydrogen-bond acceptors (Lipinski definition) is 3. The summed E-state index contributed by atoms with van der Waals surface area (Å²) in [5.74, 6) is -0.0531. The van der Waals surface area contributed by atoms with Gasteiger partial charge in [-0.25, -0.2) is 0 Å². The molecule has 5 heteroatoms. The summed E-state index contributed by atoms with van der Waals surface area (Å²) >= 11 is 3.39. The zero-order valence-electron chi connectivity index (χ0n) is 11.0. The van der Waals surface area contributed by atoms with Crippen LogP contribution in [-0.4, -0.2) is 15.6 Å². The van der Waals surface area contributed by atoms with Gasteiger partial charge in [-0.15, -0.1) is 0 Å². The standard InChI is InChI=1S/C14H16BrN3O/c1-3-7-18-13(11(15)8-17-18)14(19)10-5-4-6-12(16)9(10)2/h4-6,8H,3,7,16H2,1-2H3. The summed E-state index contributed by atoms with van der Waals surface area (Å²) in [7, 11) is 0.